The Morgan fingerprint density at radius 1 is 1.05 bits per heavy atom. The van der Waals surface area contributed by atoms with E-state index in [1.165, 1.54) is 0 Å². The first-order valence-corrected chi connectivity index (χ1v) is 7.35. The summed E-state index contributed by atoms with van der Waals surface area (Å²) in [5.41, 5.74) is 2.09. The SMILES string of the molecule is CC(C)C(NC(C)(C)C)C(O)c1ccc(N(C)C)cc1. The molecule has 20 heavy (non-hydrogen) atoms. The van der Waals surface area contributed by atoms with Gasteiger partial charge in [-0.25, -0.2) is 0 Å². The highest BCUT2D eigenvalue weighted by Gasteiger charge is 2.27. The lowest BCUT2D eigenvalue weighted by Gasteiger charge is -2.34. The van der Waals surface area contributed by atoms with Crippen LogP contribution in [0.1, 0.15) is 46.3 Å². The van der Waals surface area contributed by atoms with Gasteiger partial charge < -0.3 is 15.3 Å². The van der Waals surface area contributed by atoms with E-state index in [2.05, 4.69) is 44.8 Å². The van der Waals surface area contributed by atoms with Gasteiger partial charge >= 0.3 is 0 Å². The summed E-state index contributed by atoms with van der Waals surface area (Å²) < 4.78 is 0. The van der Waals surface area contributed by atoms with Crippen molar-refractivity contribution >= 4 is 5.69 Å². The topological polar surface area (TPSA) is 35.5 Å². The third-order valence-electron chi connectivity index (χ3n) is 3.41. The maximum Gasteiger partial charge on any atom is 0.0945 e. The summed E-state index contributed by atoms with van der Waals surface area (Å²) in [6, 6.07) is 8.17. The Balaban J connectivity index is 2.91. The second kappa shape index (κ2) is 6.59. The molecule has 0 aliphatic carbocycles. The maximum atomic E-state index is 10.7. The van der Waals surface area contributed by atoms with Gasteiger partial charge in [0.1, 0.15) is 0 Å². The molecule has 1 aromatic rings. The van der Waals surface area contributed by atoms with E-state index in [0.717, 1.165) is 11.3 Å². The molecule has 1 rings (SSSR count). The van der Waals surface area contributed by atoms with E-state index in [4.69, 9.17) is 0 Å². The standard InChI is InChI=1S/C17H30N2O/c1-12(2)15(18-17(3,4)5)16(20)13-8-10-14(11-9-13)19(6)7/h8-12,15-16,18,20H,1-7H3. The molecular weight excluding hydrogens is 248 g/mol. The molecule has 0 heterocycles. The van der Waals surface area contributed by atoms with Gasteiger partial charge in [-0.2, -0.15) is 0 Å². The van der Waals surface area contributed by atoms with Crippen LogP contribution in [0, 0.1) is 5.92 Å². The highest BCUT2D eigenvalue weighted by Crippen LogP contribution is 2.25. The number of rotatable bonds is 5. The second-order valence-electron chi connectivity index (χ2n) is 7.09. The zero-order valence-corrected chi connectivity index (χ0v) is 13.9. The largest absolute Gasteiger partial charge is 0.387 e. The van der Waals surface area contributed by atoms with E-state index >= 15 is 0 Å². The van der Waals surface area contributed by atoms with Crippen molar-refractivity contribution in [1.29, 1.82) is 0 Å². The zero-order chi connectivity index (χ0) is 15.5. The lowest BCUT2D eigenvalue weighted by molar-refractivity contribution is 0.0894. The summed E-state index contributed by atoms with van der Waals surface area (Å²) in [7, 11) is 4.03. The summed E-state index contributed by atoms with van der Waals surface area (Å²) in [6.45, 7) is 10.7. The van der Waals surface area contributed by atoms with Crippen molar-refractivity contribution in [3.05, 3.63) is 29.8 Å². The fraction of sp³-hybridized carbons (Fsp3) is 0.647. The van der Waals surface area contributed by atoms with Crippen LogP contribution in [0.2, 0.25) is 0 Å². The first kappa shape index (κ1) is 17.0. The molecule has 0 bridgehead atoms. The first-order chi connectivity index (χ1) is 9.11. The molecule has 0 aliphatic rings. The van der Waals surface area contributed by atoms with Crippen molar-refractivity contribution in [3.8, 4) is 0 Å². The van der Waals surface area contributed by atoms with Crippen LogP contribution in [0.4, 0.5) is 5.69 Å². The summed E-state index contributed by atoms with van der Waals surface area (Å²) in [5.74, 6) is 0.359. The lowest BCUT2D eigenvalue weighted by atomic mass is 9.91. The molecule has 114 valence electrons. The highest BCUT2D eigenvalue weighted by atomic mass is 16.3. The molecule has 0 spiro atoms. The van der Waals surface area contributed by atoms with Crippen LogP contribution < -0.4 is 10.2 Å². The van der Waals surface area contributed by atoms with E-state index in [-0.39, 0.29) is 11.6 Å². The molecule has 2 unspecified atom stereocenters. The van der Waals surface area contributed by atoms with Gasteiger partial charge in [-0.15, -0.1) is 0 Å². The van der Waals surface area contributed by atoms with E-state index in [9.17, 15) is 5.11 Å². The Morgan fingerprint density at radius 2 is 1.55 bits per heavy atom. The van der Waals surface area contributed by atoms with Crippen LogP contribution in [-0.2, 0) is 0 Å². The monoisotopic (exact) mass is 278 g/mol. The fourth-order valence-electron chi connectivity index (χ4n) is 2.29. The number of hydrogen-bond acceptors (Lipinski definition) is 3. The lowest BCUT2D eigenvalue weighted by Crippen LogP contribution is -2.49. The Bertz CT molecular complexity index is 404. The summed E-state index contributed by atoms with van der Waals surface area (Å²) in [4.78, 5) is 2.06. The Labute approximate surface area is 124 Å². The quantitative estimate of drug-likeness (QED) is 0.868. The Hall–Kier alpha value is -1.06. The minimum absolute atomic E-state index is 0.0144. The zero-order valence-electron chi connectivity index (χ0n) is 13.9. The molecule has 1 aromatic carbocycles. The van der Waals surface area contributed by atoms with Crippen LogP contribution >= 0.6 is 0 Å². The van der Waals surface area contributed by atoms with Crippen molar-refractivity contribution in [2.75, 3.05) is 19.0 Å². The normalized spacial score (nSPS) is 15.2. The molecule has 0 radical (unpaired) electrons. The summed E-state index contributed by atoms with van der Waals surface area (Å²) >= 11 is 0. The molecule has 0 saturated heterocycles. The van der Waals surface area contributed by atoms with Crippen molar-refractivity contribution in [3.63, 3.8) is 0 Å². The van der Waals surface area contributed by atoms with Crippen molar-refractivity contribution in [1.82, 2.24) is 5.32 Å². The van der Waals surface area contributed by atoms with Gasteiger partial charge in [-0.3, -0.25) is 0 Å². The van der Waals surface area contributed by atoms with Gasteiger partial charge in [0.2, 0.25) is 0 Å². The third kappa shape index (κ3) is 4.80. The van der Waals surface area contributed by atoms with Gasteiger partial charge in [0.05, 0.1) is 6.10 Å². The van der Waals surface area contributed by atoms with Crippen molar-refractivity contribution in [2.24, 2.45) is 5.92 Å². The maximum absolute atomic E-state index is 10.7. The smallest absolute Gasteiger partial charge is 0.0945 e. The number of benzene rings is 1. The number of hydrogen-bond donors (Lipinski definition) is 2. The van der Waals surface area contributed by atoms with E-state index in [1.807, 2.05) is 38.4 Å². The van der Waals surface area contributed by atoms with Crippen LogP contribution in [-0.4, -0.2) is 30.8 Å². The van der Waals surface area contributed by atoms with Crippen LogP contribution in [0.5, 0.6) is 0 Å². The number of aliphatic hydroxyl groups is 1. The molecule has 3 nitrogen and oxygen atoms in total. The minimum atomic E-state index is -0.495. The van der Waals surface area contributed by atoms with Gasteiger partial charge in [-0.05, 0) is 44.4 Å². The first-order valence-electron chi connectivity index (χ1n) is 7.35. The average Bonchev–Trinajstić information content (AvgIpc) is 2.34. The van der Waals surface area contributed by atoms with Gasteiger partial charge in [0.25, 0.3) is 0 Å². The van der Waals surface area contributed by atoms with E-state index in [0.29, 0.717) is 5.92 Å². The molecular formula is C17H30N2O. The number of nitrogens with one attached hydrogen (secondary N) is 1. The number of aliphatic hydroxyl groups excluding tert-OH is 1. The van der Waals surface area contributed by atoms with Gasteiger partial charge in [0.15, 0.2) is 0 Å². The fourth-order valence-corrected chi connectivity index (χ4v) is 2.29. The number of nitrogens with zero attached hydrogens (tertiary/aromatic N) is 1. The molecule has 3 heteroatoms. The second-order valence-corrected chi connectivity index (χ2v) is 7.09. The minimum Gasteiger partial charge on any atom is -0.387 e. The average molecular weight is 278 g/mol. The predicted octanol–water partition coefficient (Wildman–Crippen LogP) is 3.20. The van der Waals surface area contributed by atoms with E-state index in [1.54, 1.807) is 0 Å². The molecule has 0 fully saturated rings. The van der Waals surface area contributed by atoms with E-state index < -0.39 is 6.10 Å². The van der Waals surface area contributed by atoms with Crippen molar-refractivity contribution in [2.45, 2.75) is 52.3 Å². The predicted molar refractivity (Wildman–Crippen MR) is 87.2 cm³/mol. The van der Waals surface area contributed by atoms with Crippen LogP contribution in [0.25, 0.3) is 0 Å². The van der Waals surface area contributed by atoms with Crippen molar-refractivity contribution < 1.29 is 5.11 Å². The highest BCUT2D eigenvalue weighted by molar-refractivity contribution is 5.46. The van der Waals surface area contributed by atoms with Crippen LogP contribution in [0.15, 0.2) is 24.3 Å². The molecule has 0 amide bonds. The van der Waals surface area contributed by atoms with Crippen LogP contribution in [0.3, 0.4) is 0 Å². The number of anilines is 1. The molecule has 0 aliphatic heterocycles. The summed E-state index contributed by atoms with van der Waals surface area (Å²) in [6.07, 6.45) is -0.495. The molecule has 0 aromatic heterocycles. The molecule has 2 N–H and O–H groups in total. The Morgan fingerprint density at radius 3 is 1.90 bits per heavy atom. The summed E-state index contributed by atoms with van der Waals surface area (Å²) in [5, 5.41) is 14.2. The molecule has 2 atom stereocenters. The third-order valence-corrected chi connectivity index (χ3v) is 3.41. The molecule has 0 saturated carbocycles. The van der Waals surface area contributed by atoms with Gasteiger partial charge in [-0.1, -0.05) is 26.0 Å². The Kier molecular flexibility index (Phi) is 5.60. The van der Waals surface area contributed by atoms with Gasteiger partial charge in [0, 0.05) is 31.4 Å².